The molecule has 5 N–H and O–H groups in total. The van der Waals surface area contributed by atoms with Crippen molar-refractivity contribution in [2.75, 3.05) is 13.2 Å². The summed E-state index contributed by atoms with van der Waals surface area (Å²) in [6, 6.07) is 0. The normalized spacial score (nSPS) is 20.5. The number of rotatable bonds is 33. The van der Waals surface area contributed by atoms with E-state index in [1.807, 2.05) is 0 Å². The lowest BCUT2D eigenvalue weighted by molar-refractivity contribution is -0.160. The molecule has 0 unspecified atom stereocenters. The third-order valence-corrected chi connectivity index (χ3v) is 10.2. The molecule has 1 aliphatic rings. The molecule has 53 heavy (non-hydrogen) atoms. The topological polar surface area (TPSA) is 180 Å². The van der Waals surface area contributed by atoms with E-state index in [-0.39, 0.29) is 31.1 Å². The highest BCUT2D eigenvalue weighted by molar-refractivity contribution is 7.46. The van der Waals surface area contributed by atoms with Gasteiger partial charge in [-0.25, -0.2) is 4.57 Å². The van der Waals surface area contributed by atoms with Gasteiger partial charge in [-0.05, 0) is 50.9 Å². The summed E-state index contributed by atoms with van der Waals surface area (Å²) < 4.78 is 26.3. The maximum Gasteiger partial charge on any atom is 0.469 e. The molecule has 1 aliphatic carbocycles. The summed E-state index contributed by atoms with van der Waals surface area (Å²) in [6.45, 7) is 3.29. The summed E-state index contributed by atoms with van der Waals surface area (Å²) >= 11 is 0. The monoisotopic (exact) mass is 772 g/mol. The molecule has 0 saturated heterocycles. The van der Waals surface area contributed by atoms with Gasteiger partial charge < -0.3 is 34.6 Å². The van der Waals surface area contributed by atoms with Crippen molar-refractivity contribution in [1.29, 1.82) is 0 Å². The van der Waals surface area contributed by atoms with Gasteiger partial charge in [0, 0.05) is 18.8 Å². The number of allylic oxidation sites excluding steroid dienone is 3. The lowest BCUT2D eigenvalue weighted by Gasteiger charge is -2.20. The lowest BCUT2D eigenvalue weighted by atomic mass is 9.89. The number of phosphoric acid groups is 1. The van der Waals surface area contributed by atoms with E-state index in [4.69, 9.17) is 19.3 Å². The standard InChI is InChI=1S/C41H73O11P/c1-3-5-7-8-9-10-11-12-13-14-15-16-17-18-19-20-22-27-40(45)50-32-35(33-51-53(47,48)49)52-41(46)28-24-23-26-36-37(39(44)31-38(36)43)30-29-34(42)25-21-6-4-2/h12-13,23-24,29-30,34-39,42-44H,3-11,14-22,25-28,31-33H2,1-2H3,(H2,47,48,49)/b13-12-,24-23-,30-29+/t34-,35-,36+,37-,38+,39-/m1/s1. The van der Waals surface area contributed by atoms with E-state index in [1.165, 1.54) is 64.2 Å². The highest BCUT2D eigenvalue weighted by atomic mass is 31.2. The van der Waals surface area contributed by atoms with Crippen molar-refractivity contribution >= 4 is 19.8 Å². The third-order valence-electron chi connectivity index (χ3n) is 9.73. The van der Waals surface area contributed by atoms with Crippen LogP contribution in [-0.4, -0.2) is 74.7 Å². The first-order chi connectivity index (χ1) is 25.5. The fourth-order valence-electron chi connectivity index (χ4n) is 6.58. The Labute approximate surface area is 319 Å². The van der Waals surface area contributed by atoms with Crippen molar-refractivity contribution < 1.29 is 53.3 Å². The van der Waals surface area contributed by atoms with Crippen molar-refractivity contribution in [2.45, 2.75) is 186 Å². The van der Waals surface area contributed by atoms with Gasteiger partial charge in [0.2, 0.25) is 0 Å². The third kappa shape index (κ3) is 27.4. The zero-order valence-corrected chi connectivity index (χ0v) is 33.6. The van der Waals surface area contributed by atoms with E-state index in [0.29, 0.717) is 19.3 Å². The van der Waals surface area contributed by atoms with Crippen LogP contribution in [0.15, 0.2) is 36.5 Å². The van der Waals surface area contributed by atoms with Crippen molar-refractivity contribution in [3.05, 3.63) is 36.5 Å². The molecule has 0 radical (unpaired) electrons. The van der Waals surface area contributed by atoms with Gasteiger partial charge in [-0.1, -0.05) is 134 Å². The van der Waals surface area contributed by atoms with E-state index in [0.717, 1.165) is 44.9 Å². The van der Waals surface area contributed by atoms with Crippen molar-refractivity contribution in [1.82, 2.24) is 0 Å². The second-order valence-electron chi connectivity index (χ2n) is 14.6. The van der Waals surface area contributed by atoms with Crippen LogP contribution in [0.3, 0.4) is 0 Å². The number of unbranched alkanes of at least 4 members (excludes halogenated alkanes) is 15. The van der Waals surface area contributed by atoms with Crippen LogP contribution in [0.25, 0.3) is 0 Å². The van der Waals surface area contributed by atoms with Gasteiger partial charge >= 0.3 is 19.8 Å². The molecule has 0 aromatic heterocycles. The van der Waals surface area contributed by atoms with E-state index >= 15 is 0 Å². The smallest absolute Gasteiger partial charge is 0.462 e. The molecular weight excluding hydrogens is 699 g/mol. The molecule has 0 aromatic rings. The van der Waals surface area contributed by atoms with Crippen LogP contribution in [0.4, 0.5) is 0 Å². The average molecular weight is 773 g/mol. The van der Waals surface area contributed by atoms with Crippen LogP contribution < -0.4 is 0 Å². The summed E-state index contributed by atoms with van der Waals surface area (Å²) in [5.74, 6) is -1.83. The molecule has 308 valence electrons. The van der Waals surface area contributed by atoms with Crippen LogP contribution in [0.5, 0.6) is 0 Å². The molecule has 0 amide bonds. The fraction of sp³-hybridized carbons (Fsp3) is 0.805. The van der Waals surface area contributed by atoms with Gasteiger partial charge in [0.05, 0.1) is 31.3 Å². The predicted octanol–water partition coefficient (Wildman–Crippen LogP) is 8.56. The number of esters is 2. The Kier molecular flexibility index (Phi) is 29.1. The lowest BCUT2D eigenvalue weighted by Crippen LogP contribution is -2.29. The second-order valence-corrected chi connectivity index (χ2v) is 15.8. The van der Waals surface area contributed by atoms with Crippen LogP contribution in [0.2, 0.25) is 0 Å². The summed E-state index contributed by atoms with van der Waals surface area (Å²) in [5.41, 5.74) is 0. The van der Waals surface area contributed by atoms with E-state index in [2.05, 4.69) is 30.5 Å². The number of carbonyl (C=O) groups excluding carboxylic acids is 2. The number of aliphatic hydroxyl groups is 3. The fourth-order valence-corrected chi connectivity index (χ4v) is 6.94. The molecule has 1 fully saturated rings. The summed E-state index contributed by atoms with van der Waals surface area (Å²) in [5, 5.41) is 31.2. The van der Waals surface area contributed by atoms with Crippen LogP contribution >= 0.6 is 7.82 Å². The SMILES string of the molecule is CCCCCCCC/C=C\CCCCCCCCCC(=O)OC[C@H](COP(=O)(O)O)OC(=O)C/C=C\C[C@H]1[C@@H](/C=C/[C@H](O)CCCCC)[C@H](O)C[C@@H]1O. The Bertz CT molecular complexity index is 1070. The van der Waals surface area contributed by atoms with Crippen LogP contribution in [0.1, 0.15) is 162 Å². The summed E-state index contributed by atoms with van der Waals surface area (Å²) in [6.07, 6.45) is 29.9. The average Bonchev–Trinajstić information content (AvgIpc) is 3.38. The molecule has 0 bridgehead atoms. The van der Waals surface area contributed by atoms with Crippen molar-refractivity contribution in [3.8, 4) is 0 Å². The van der Waals surface area contributed by atoms with Gasteiger partial charge in [0.15, 0.2) is 6.10 Å². The maximum atomic E-state index is 12.5. The Morgan fingerprint density at radius 1 is 0.736 bits per heavy atom. The number of aliphatic hydroxyl groups excluding tert-OH is 3. The Hall–Kier alpha value is -1.85. The number of ether oxygens (including phenoxy) is 2. The molecule has 6 atom stereocenters. The largest absolute Gasteiger partial charge is 0.469 e. The van der Waals surface area contributed by atoms with Crippen LogP contribution in [0, 0.1) is 11.8 Å². The minimum absolute atomic E-state index is 0.168. The Morgan fingerprint density at radius 2 is 1.32 bits per heavy atom. The zero-order chi connectivity index (χ0) is 39.2. The molecule has 1 rings (SSSR count). The van der Waals surface area contributed by atoms with E-state index in [9.17, 15) is 29.5 Å². The van der Waals surface area contributed by atoms with E-state index < -0.39 is 57.4 Å². The second kappa shape index (κ2) is 31.4. The summed E-state index contributed by atoms with van der Waals surface area (Å²) in [4.78, 5) is 43.1. The first-order valence-electron chi connectivity index (χ1n) is 20.5. The molecule has 0 aliphatic heterocycles. The van der Waals surface area contributed by atoms with Crippen LogP contribution in [-0.2, 0) is 28.2 Å². The molecule has 0 aromatic carbocycles. The number of phosphoric ester groups is 1. The highest BCUT2D eigenvalue weighted by Crippen LogP contribution is 2.37. The molecule has 0 spiro atoms. The maximum absolute atomic E-state index is 12.5. The van der Waals surface area contributed by atoms with Crippen molar-refractivity contribution in [2.24, 2.45) is 11.8 Å². The molecule has 12 heteroatoms. The van der Waals surface area contributed by atoms with Gasteiger partial charge in [-0.15, -0.1) is 0 Å². The quantitative estimate of drug-likeness (QED) is 0.0187. The van der Waals surface area contributed by atoms with Gasteiger partial charge in [0.25, 0.3) is 0 Å². The Morgan fingerprint density at radius 3 is 1.94 bits per heavy atom. The minimum atomic E-state index is -4.85. The summed E-state index contributed by atoms with van der Waals surface area (Å²) in [7, 11) is -4.85. The van der Waals surface area contributed by atoms with E-state index in [1.54, 1.807) is 24.3 Å². The number of hydrogen-bond acceptors (Lipinski definition) is 9. The molecule has 1 saturated carbocycles. The number of hydrogen-bond donors (Lipinski definition) is 5. The van der Waals surface area contributed by atoms with Gasteiger partial charge in [0.1, 0.15) is 6.61 Å². The molecular formula is C41H73O11P. The zero-order valence-electron chi connectivity index (χ0n) is 32.7. The first kappa shape index (κ1) is 49.2. The minimum Gasteiger partial charge on any atom is -0.462 e. The first-order valence-corrected chi connectivity index (χ1v) is 22.1. The Balaban J connectivity index is 2.33. The van der Waals surface area contributed by atoms with Gasteiger partial charge in [-0.3, -0.25) is 14.1 Å². The molecule has 0 heterocycles. The molecule has 11 nitrogen and oxygen atoms in total. The van der Waals surface area contributed by atoms with Gasteiger partial charge in [-0.2, -0.15) is 0 Å². The predicted molar refractivity (Wildman–Crippen MR) is 209 cm³/mol. The number of carbonyl (C=O) groups is 2. The highest BCUT2D eigenvalue weighted by Gasteiger charge is 2.39. The van der Waals surface area contributed by atoms with Crippen molar-refractivity contribution in [3.63, 3.8) is 0 Å².